The van der Waals surface area contributed by atoms with Crippen LogP contribution < -0.4 is 0 Å². The number of hydrogen-bond acceptors (Lipinski definition) is 2. The molecule has 2 bridgehead atoms. The molecule has 0 unspecified atom stereocenters. The summed E-state index contributed by atoms with van der Waals surface area (Å²) in [6.45, 7) is 0.288. The Balaban J connectivity index is 2.06. The van der Waals surface area contributed by atoms with Crippen LogP contribution in [0.4, 0.5) is 0 Å². The number of aliphatic hydroxyl groups excluding tert-OH is 1. The van der Waals surface area contributed by atoms with Gasteiger partial charge in [-0.25, -0.2) is 0 Å². The Morgan fingerprint density at radius 2 is 2.00 bits per heavy atom. The van der Waals surface area contributed by atoms with E-state index in [1.165, 1.54) is 0 Å². The van der Waals surface area contributed by atoms with Gasteiger partial charge in [0.05, 0.1) is 11.5 Å². The molecule has 3 saturated carbocycles. The van der Waals surface area contributed by atoms with Crippen LogP contribution in [0.25, 0.3) is 0 Å². The van der Waals surface area contributed by atoms with E-state index in [0.29, 0.717) is 0 Å². The molecule has 3 aliphatic carbocycles. The molecule has 2 nitrogen and oxygen atoms in total. The first-order chi connectivity index (χ1) is 4.24. The summed E-state index contributed by atoms with van der Waals surface area (Å²) >= 11 is 0. The molecule has 2 heteroatoms. The van der Waals surface area contributed by atoms with Gasteiger partial charge in [0.25, 0.3) is 0 Å². The van der Waals surface area contributed by atoms with E-state index in [4.69, 9.17) is 10.4 Å². The van der Waals surface area contributed by atoms with E-state index in [9.17, 15) is 0 Å². The summed E-state index contributed by atoms with van der Waals surface area (Å²) in [5.41, 5.74) is 0.221. The molecule has 48 valence electrons. The largest absolute Gasteiger partial charge is 0.396 e. The molecule has 3 fully saturated rings. The molecule has 0 aliphatic heterocycles. The van der Waals surface area contributed by atoms with E-state index in [2.05, 4.69) is 6.07 Å². The highest BCUT2D eigenvalue weighted by molar-refractivity contribution is 5.25. The second-order valence-electron chi connectivity index (χ2n) is 3.58. The monoisotopic (exact) mass is 123 g/mol. The molecule has 0 saturated heterocycles. The normalized spacial score (nSPS) is 52.9. The van der Waals surface area contributed by atoms with Gasteiger partial charge in [-0.1, -0.05) is 0 Å². The number of rotatable bonds is 1. The zero-order valence-corrected chi connectivity index (χ0v) is 5.22. The SMILES string of the molecule is N#CC12CC(CO)(C1)C2. The number of nitrogens with zero attached hydrogens (tertiary/aromatic N) is 1. The van der Waals surface area contributed by atoms with Crippen molar-refractivity contribution in [3.8, 4) is 6.07 Å². The van der Waals surface area contributed by atoms with Gasteiger partial charge >= 0.3 is 0 Å². The zero-order valence-electron chi connectivity index (χ0n) is 5.22. The van der Waals surface area contributed by atoms with Crippen molar-refractivity contribution in [1.82, 2.24) is 0 Å². The first kappa shape index (κ1) is 5.25. The topological polar surface area (TPSA) is 44.0 Å². The fourth-order valence-corrected chi connectivity index (χ4v) is 2.28. The highest BCUT2D eigenvalue weighted by Gasteiger charge is 2.67. The first-order valence-corrected chi connectivity index (χ1v) is 3.26. The maximum absolute atomic E-state index is 8.78. The van der Waals surface area contributed by atoms with Gasteiger partial charge in [0.15, 0.2) is 0 Å². The summed E-state index contributed by atoms with van der Waals surface area (Å²) in [5.74, 6) is 0. The minimum Gasteiger partial charge on any atom is -0.396 e. The van der Waals surface area contributed by atoms with Gasteiger partial charge in [-0.05, 0) is 24.7 Å². The third-order valence-corrected chi connectivity index (χ3v) is 2.71. The second kappa shape index (κ2) is 1.15. The third-order valence-electron chi connectivity index (χ3n) is 2.71. The lowest BCUT2D eigenvalue weighted by atomic mass is 9.36. The summed E-state index contributed by atoms with van der Waals surface area (Å²) in [5, 5.41) is 17.3. The third kappa shape index (κ3) is 0.402. The molecule has 0 aromatic rings. The Labute approximate surface area is 54.1 Å². The second-order valence-corrected chi connectivity index (χ2v) is 3.58. The van der Waals surface area contributed by atoms with Crippen molar-refractivity contribution < 1.29 is 5.11 Å². The van der Waals surface area contributed by atoms with Crippen molar-refractivity contribution in [2.24, 2.45) is 10.8 Å². The molecule has 0 heterocycles. The van der Waals surface area contributed by atoms with Crippen molar-refractivity contribution >= 4 is 0 Å². The summed E-state index contributed by atoms with van der Waals surface area (Å²) in [7, 11) is 0. The van der Waals surface area contributed by atoms with Crippen molar-refractivity contribution in [3.63, 3.8) is 0 Å². The molecule has 0 radical (unpaired) electrons. The quantitative estimate of drug-likeness (QED) is 0.557. The van der Waals surface area contributed by atoms with Gasteiger partial charge in [0.1, 0.15) is 0 Å². The van der Waals surface area contributed by atoms with Gasteiger partial charge < -0.3 is 5.11 Å². The maximum Gasteiger partial charge on any atom is 0.0690 e. The lowest BCUT2D eigenvalue weighted by Gasteiger charge is -2.66. The highest BCUT2D eigenvalue weighted by atomic mass is 16.3. The van der Waals surface area contributed by atoms with Crippen LogP contribution >= 0.6 is 0 Å². The fraction of sp³-hybridized carbons (Fsp3) is 0.857. The van der Waals surface area contributed by atoms with E-state index < -0.39 is 0 Å². The molecular weight excluding hydrogens is 114 g/mol. The smallest absolute Gasteiger partial charge is 0.0690 e. The van der Waals surface area contributed by atoms with Crippen LogP contribution in [0.15, 0.2) is 0 Å². The van der Waals surface area contributed by atoms with E-state index in [-0.39, 0.29) is 17.4 Å². The van der Waals surface area contributed by atoms with Gasteiger partial charge in [-0.3, -0.25) is 0 Å². The Kier molecular flexibility index (Phi) is 0.668. The highest BCUT2D eigenvalue weighted by Crippen LogP contribution is 2.72. The van der Waals surface area contributed by atoms with Gasteiger partial charge in [0.2, 0.25) is 0 Å². The molecule has 0 amide bonds. The maximum atomic E-state index is 8.78. The van der Waals surface area contributed by atoms with E-state index in [0.717, 1.165) is 19.3 Å². The first-order valence-electron chi connectivity index (χ1n) is 3.26. The molecule has 0 atom stereocenters. The van der Waals surface area contributed by atoms with Crippen LogP contribution in [-0.4, -0.2) is 11.7 Å². The van der Waals surface area contributed by atoms with Gasteiger partial charge in [0, 0.05) is 6.61 Å². The lowest BCUT2D eigenvalue weighted by Crippen LogP contribution is -2.62. The Morgan fingerprint density at radius 1 is 1.44 bits per heavy atom. The molecule has 0 spiro atoms. The standard InChI is InChI=1S/C7H9NO/c8-4-6-1-7(2-6,3-6)5-9/h9H,1-3,5H2. The molecule has 9 heavy (non-hydrogen) atoms. The Hall–Kier alpha value is -0.550. The van der Waals surface area contributed by atoms with Crippen LogP contribution in [0.5, 0.6) is 0 Å². The van der Waals surface area contributed by atoms with Crippen molar-refractivity contribution in [2.45, 2.75) is 19.3 Å². The minimum absolute atomic E-state index is 0.0166. The summed E-state index contributed by atoms with van der Waals surface area (Å²) < 4.78 is 0. The number of nitriles is 1. The molecule has 3 rings (SSSR count). The summed E-state index contributed by atoms with van der Waals surface area (Å²) in [4.78, 5) is 0. The van der Waals surface area contributed by atoms with E-state index in [1.807, 2.05) is 0 Å². The van der Waals surface area contributed by atoms with Crippen molar-refractivity contribution in [2.75, 3.05) is 6.61 Å². The minimum atomic E-state index is 0.0166. The van der Waals surface area contributed by atoms with Gasteiger partial charge in [-0.2, -0.15) is 5.26 Å². The molecule has 3 aliphatic rings. The molecular formula is C7H9NO. The van der Waals surface area contributed by atoms with E-state index >= 15 is 0 Å². The summed E-state index contributed by atoms with van der Waals surface area (Å²) in [6, 6.07) is 2.29. The molecule has 0 aromatic heterocycles. The number of aliphatic hydroxyl groups is 1. The summed E-state index contributed by atoms with van der Waals surface area (Å²) in [6.07, 6.45) is 2.85. The zero-order chi connectivity index (χ0) is 6.54. The van der Waals surface area contributed by atoms with Crippen molar-refractivity contribution in [3.05, 3.63) is 0 Å². The average Bonchev–Trinajstić information content (AvgIpc) is 1.62. The molecule has 0 aromatic carbocycles. The fourth-order valence-electron chi connectivity index (χ4n) is 2.28. The predicted octanol–water partition coefficient (Wildman–Crippen LogP) is 0.673. The Bertz CT molecular complexity index is 172. The van der Waals surface area contributed by atoms with Gasteiger partial charge in [-0.15, -0.1) is 0 Å². The van der Waals surface area contributed by atoms with Crippen LogP contribution in [0.2, 0.25) is 0 Å². The predicted molar refractivity (Wildman–Crippen MR) is 31.4 cm³/mol. The van der Waals surface area contributed by atoms with Crippen LogP contribution in [-0.2, 0) is 0 Å². The average molecular weight is 123 g/mol. The van der Waals surface area contributed by atoms with Crippen molar-refractivity contribution in [1.29, 1.82) is 5.26 Å². The number of hydrogen-bond donors (Lipinski definition) is 1. The molecule has 1 N–H and O–H groups in total. The van der Waals surface area contributed by atoms with Crippen LogP contribution in [0.1, 0.15) is 19.3 Å². The van der Waals surface area contributed by atoms with Crippen LogP contribution in [0.3, 0.4) is 0 Å². The Morgan fingerprint density at radius 3 is 2.33 bits per heavy atom. The lowest BCUT2D eigenvalue weighted by molar-refractivity contribution is -0.186. The van der Waals surface area contributed by atoms with E-state index in [1.54, 1.807) is 0 Å². The van der Waals surface area contributed by atoms with Crippen LogP contribution in [0, 0.1) is 22.2 Å².